The lowest BCUT2D eigenvalue weighted by molar-refractivity contribution is 0.0690. The number of hydrogen-bond acceptors (Lipinski definition) is 5. The van der Waals surface area contributed by atoms with Crippen LogP contribution in [0.5, 0.6) is 5.75 Å². The first kappa shape index (κ1) is 22.4. The van der Waals surface area contributed by atoms with E-state index in [-0.39, 0.29) is 18.0 Å². The summed E-state index contributed by atoms with van der Waals surface area (Å²) < 4.78 is 11.0. The second-order valence-electron chi connectivity index (χ2n) is 8.14. The molecule has 0 saturated carbocycles. The molecule has 0 saturated heterocycles. The summed E-state index contributed by atoms with van der Waals surface area (Å²) in [6.07, 6.45) is 0. The molecular weight excluding hydrogens is 390 g/mol. The Labute approximate surface area is 184 Å². The molecule has 0 atom stereocenters. The second kappa shape index (κ2) is 9.69. The molecule has 1 aromatic heterocycles. The highest BCUT2D eigenvalue weighted by atomic mass is 16.5. The van der Waals surface area contributed by atoms with Gasteiger partial charge in [-0.25, -0.2) is 0 Å². The van der Waals surface area contributed by atoms with Gasteiger partial charge in [0.15, 0.2) is 0 Å². The van der Waals surface area contributed by atoms with Crippen molar-refractivity contribution >= 4 is 11.8 Å². The SMILES string of the molecule is COc1ccc(C(=O)N(Cc2c(-c3ccccc3)noc2N(C)C(C)C)C(C)C)cc1. The summed E-state index contributed by atoms with van der Waals surface area (Å²) in [7, 11) is 3.59. The maximum Gasteiger partial charge on any atom is 0.254 e. The Morgan fingerprint density at radius 1 is 1.00 bits per heavy atom. The first-order valence-electron chi connectivity index (χ1n) is 10.5. The number of carbonyl (C=O) groups excluding carboxylic acids is 1. The number of nitrogens with zero attached hydrogens (tertiary/aromatic N) is 3. The zero-order chi connectivity index (χ0) is 22.5. The lowest BCUT2D eigenvalue weighted by atomic mass is 10.1. The van der Waals surface area contributed by atoms with Crippen molar-refractivity contribution in [3.63, 3.8) is 0 Å². The Bertz CT molecular complexity index is 995. The summed E-state index contributed by atoms with van der Waals surface area (Å²) in [5.41, 5.74) is 3.24. The van der Waals surface area contributed by atoms with Crippen LogP contribution >= 0.6 is 0 Å². The van der Waals surface area contributed by atoms with E-state index in [1.807, 2.05) is 61.0 Å². The molecule has 0 aliphatic heterocycles. The van der Waals surface area contributed by atoms with Gasteiger partial charge in [0.05, 0.1) is 19.2 Å². The van der Waals surface area contributed by atoms with E-state index < -0.39 is 0 Å². The average molecular weight is 422 g/mol. The van der Waals surface area contributed by atoms with E-state index in [9.17, 15) is 4.79 Å². The van der Waals surface area contributed by atoms with Crippen LogP contribution in [-0.4, -0.2) is 42.2 Å². The second-order valence-corrected chi connectivity index (χ2v) is 8.14. The van der Waals surface area contributed by atoms with Crippen LogP contribution in [0.1, 0.15) is 43.6 Å². The third-order valence-corrected chi connectivity index (χ3v) is 5.46. The van der Waals surface area contributed by atoms with Crippen molar-refractivity contribution in [2.24, 2.45) is 0 Å². The van der Waals surface area contributed by atoms with Crippen molar-refractivity contribution < 1.29 is 14.1 Å². The molecule has 31 heavy (non-hydrogen) atoms. The first-order chi connectivity index (χ1) is 14.8. The maximum absolute atomic E-state index is 13.4. The Morgan fingerprint density at radius 2 is 1.65 bits per heavy atom. The van der Waals surface area contributed by atoms with E-state index in [1.165, 1.54) is 0 Å². The Hall–Kier alpha value is -3.28. The highest BCUT2D eigenvalue weighted by Crippen LogP contribution is 2.33. The van der Waals surface area contributed by atoms with E-state index in [0.717, 1.165) is 22.6 Å². The van der Waals surface area contributed by atoms with Crippen LogP contribution < -0.4 is 9.64 Å². The van der Waals surface area contributed by atoms with E-state index in [0.29, 0.717) is 18.0 Å². The number of methoxy groups -OCH3 is 1. The number of amides is 1. The van der Waals surface area contributed by atoms with Crippen molar-refractivity contribution in [1.82, 2.24) is 10.1 Å². The molecule has 6 nitrogen and oxygen atoms in total. The van der Waals surface area contributed by atoms with Gasteiger partial charge in [-0.15, -0.1) is 0 Å². The number of rotatable bonds is 8. The number of aromatic nitrogens is 1. The molecule has 0 aliphatic rings. The minimum absolute atomic E-state index is 0.00895. The highest BCUT2D eigenvalue weighted by molar-refractivity contribution is 5.94. The Morgan fingerprint density at radius 3 is 2.19 bits per heavy atom. The minimum atomic E-state index is -0.0454. The molecule has 1 amide bonds. The van der Waals surface area contributed by atoms with E-state index in [2.05, 4.69) is 19.0 Å². The fraction of sp³-hybridized carbons (Fsp3) is 0.360. The highest BCUT2D eigenvalue weighted by Gasteiger charge is 2.27. The van der Waals surface area contributed by atoms with E-state index in [1.54, 1.807) is 31.4 Å². The summed E-state index contributed by atoms with van der Waals surface area (Å²) >= 11 is 0. The van der Waals surface area contributed by atoms with Crippen LogP contribution in [0.25, 0.3) is 11.3 Å². The van der Waals surface area contributed by atoms with E-state index in [4.69, 9.17) is 9.26 Å². The van der Waals surface area contributed by atoms with Gasteiger partial charge in [0.2, 0.25) is 5.88 Å². The molecule has 0 aliphatic carbocycles. The smallest absolute Gasteiger partial charge is 0.254 e. The molecule has 6 heteroatoms. The lowest BCUT2D eigenvalue weighted by Crippen LogP contribution is -2.37. The van der Waals surface area contributed by atoms with Gasteiger partial charge in [0.25, 0.3) is 5.91 Å². The molecule has 0 unspecified atom stereocenters. The molecule has 3 aromatic rings. The zero-order valence-electron chi connectivity index (χ0n) is 19.1. The molecule has 2 aromatic carbocycles. The van der Waals surface area contributed by atoms with Crippen LogP contribution in [0, 0.1) is 0 Å². The van der Waals surface area contributed by atoms with Crippen LogP contribution in [0.2, 0.25) is 0 Å². The fourth-order valence-electron chi connectivity index (χ4n) is 3.34. The van der Waals surface area contributed by atoms with Crippen molar-refractivity contribution in [2.75, 3.05) is 19.1 Å². The Kier molecular flexibility index (Phi) is 7.00. The first-order valence-corrected chi connectivity index (χ1v) is 10.5. The number of ether oxygens (including phenoxy) is 1. The Balaban J connectivity index is 2.02. The summed E-state index contributed by atoms with van der Waals surface area (Å²) in [6.45, 7) is 8.61. The van der Waals surface area contributed by atoms with Crippen LogP contribution in [0.4, 0.5) is 5.88 Å². The fourth-order valence-corrected chi connectivity index (χ4v) is 3.34. The molecular formula is C25H31N3O3. The van der Waals surface area contributed by atoms with Gasteiger partial charge < -0.3 is 19.1 Å². The van der Waals surface area contributed by atoms with Crippen molar-refractivity contribution in [3.05, 3.63) is 65.7 Å². The molecule has 3 rings (SSSR count). The van der Waals surface area contributed by atoms with E-state index >= 15 is 0 Å². The molecule has 0 N–H and O–H groups in total. The van der Waals surface area contributed by atoms with Crippen LogP contribution in [-0.2, 0) is 6.54 Å². The quantitative estimate of drug-likeness (QED) is 0.497. The third-order valence-electron chi connectivity index (χ3n) is 5.46. The standard InChI is InChI=1S/C25H31N3O3/c1-17(2)27(5)25-22(23(26-31-25)19-10-8-7-9-11-19)16-28(18(3)4)24(29)20-12-14-21(30-6)15-13-20/h7-15,17-18H,16H2,1-6H3. The van der Waals surface area contributed by atoms with Gasteiger partial charge in [-0.1, -0.05) is 35.5 Å². The summed E-state index contributed by atoms with van der Waals surface area (Å²) in [6, 6.07) is 17.3. The number of carbonyl (C=O) groups is 1. The van der Waals surface area contributed by atoms with Gasteiger partial charge in [-0.2, -0.15) is 0 Å². The summed E-state index contributed by atoms with van der Waals surface area (Å²) in [5.74, 6) is 1.36. The monoisotopic (exact) mass is 421 g/mol. The van der Waals surface area contributed by atoms with Crippen LogP contribution in [0.15, 0.2) is 59.1 Å². The minimum Gasteiger partial charge on any atom is -0.497 e. The molecule has 0 radical (unpaired) electrons. The number of hydrogen-bond donors (Lipinski definition) is 0. The van der Waals surface area contributed by atoms with Crippen molar-refractivity contribution in [1.29, 1.82) is 0 Å². The zero-order valence-corrected chi connectivity index (χ0v) is 19.1. The van der Waals surface area contributed by atoms with Gasteiger partial charge in [0.1, 0.15) is 11.4 Å². The van der Waals surface area contributed by atoms with Crippen LogP contribution in [0.3, 0.4) is 0 Å². The normalized spacial score (nSPS) is 11.1. The molecule has 0 spiro atoms. The largest absolute Gasteiger partial charge is 0.497 e. The molecule has 164 valence electrons. The molecule has 1 heterocycles. The maximum atomic E-state index is 13.4. The number of anilines is 1. The molecule has 0 bridgehead atoms. The number of benzene rings is 2. The molecule has 0 fully saturated rings. The summed E-state index contributed by atoms with van der Waals surface area (Å²) in [4.78, 5) is 17.3. The van der Waals surface area contributed by atoms with Gasteiger partial charge >= 0.3 is 0 Å². The van der Waals surface area contributed by atoms with Crippen molar-refractivity contribution in [3.8, 4) is 17.0 Å². The predicted octanol–water partition coefficient (Wildman–Crippen LogP) is 5.25. The predicted molar refractivity (Wildman–Crippen MR) is 123 cm³/mol. The van der Waals surface area contributed by atoms with Gasteiger partial charge in [0, 0.05) is 30.3 Å². The lowest BCUT2D eigenvalue weighted by Gasteiger charge is -2.28. The van der Waals surface area contributed by atoms with Gasteiger partial charge in [-0.05, 0) is 52.0 Å². The topological polar surface area (TPSA) is 58.8 Å². The average Bonchev–Trinajstić information content (AvgIpc) is 3.20. The van der Waals surface area contributed by atoms with Crippen molar-refractivity contribution in [2.45, 2.75) is 46.3 Å². The summed E-state index contributed by atoms with van der Waals surface area (Å²) in [5, 5.41) is 4.39. The van der Waals surface area contributed by atoms with Gasteiger partial charge in [-0.3, -0.25) is 4.79 Å². The third kappa shape index (κ3) is 4.90.